The van der Waals surface area contributed by atoms with Gasteiger partial charge in [0.25, 0.3) is 0 Å². The molecule has 1 fully saturated rings. The van der Waals surface area contributed by atoms with Gasteiger partial charge in [-0.15, -0.1) is 0 Å². The first kappa shape index (κ1) is 9.98. The largest absolute Gasteiger partial charge is 0.331 e. The van der Waals surface area contributed by atoms with E-state index >= 15 is 0 Å². The molecule has 0 saturated heterocycles. The van der Waals surface area contributed by atoms with Gasteiger partial charge < -0.3 is 4.57 Å². The van der Waals surface area contributed by atoms with Crippen LogP contribution in [0.25, 0.3) is 0 Å². The summed E-state index contributed by atoms with van der Waals surface area (Å²) in [4.78, 5) is 4.04. The summed E-state index contributed by atoms with van der Waals surface area (Å²) in [7, 11) is 1.73. The van der Waals surface area contributed by atoms with Crippen molar-refractivity contribution in [3.05, 3.63) is 18.2 Å². The molecular weight excluding hydrogens is 224 g/mol. The Morgan fingerprint density at radius 2 is 2.29 bits per heavy atom. The minimum Gasteiger partial charge on any atom is -0.331 e. The van der Waals surface area contributed by atoms with Gasteiger partial charge >= 0.3 is 0 Å². The Balaban J connectivity index is 2.36. The second-order valence-electron chi connectivity index (χ2n) is 3.54. The summed E-state index contributed by atoms with van der Waals surface area (Å²) < 4.78 is 24.2. The highest BCUT2D eigenvalue weighted by Crippen LogP contribution is 2.38. The lowest BCUT2D eigenvalue weighted by Gasteiger charge is -2.10. The fourth-order valence-corrected chi connectivity index (χ4v) is 2.10. The van der Waals surface area contributed by atoms with Crippen LogP contribution in [0.1, 0.15) is 36.9 Å². The van der Waals surface area contributed by atoms with E-state index in [2.05, 4.69) is 4.98 Å². The third-order valence-electron chi connectivity index (χ3n) is 2.42. The summed E-state index contributed by atoms with van der Waals surface area (Å²) in [6.07, 6.45) is 5.62. The fraction of sp³-hybridized carbons (Fsp3) is 0.625. The Hall–Kier alpha value is -0.550. The van der Waals surface area contributed by atoms with E-state index in [0.29, 0.717) is 11.9 Å². The molecular formula is C8H11ClN2O2S. The van der Waals surface area contributed by atoms with E-state index < -0.39 is 14.3 Å². The van der Waals surface area contributed by atoms with Crippen LogP contribution in [0, 0.1) is 0 Å². The van der Waals surface area contributed by atoms with Crippen molar-refractivity contribution < 1.29 is 8.42 Å². The highest BCUT2D eigenvalue weighted by molar-refractivity contribution is 8.13. The number of nitrogens with zero attached hydrogens (tertiary/aromatic N) is 2. The molecule has 78 valence electrons. The van der Waals surface area contributed by atoms with E-state index in [9.17, 15) is 8.42 Å². The first-order chi connectivity index (χ1) is 6.50. The van der Waals surface area contributed by atoms with E-state index in [-0.39, 0.29) is 0 Å². The standard InChI is InChI=1S/C8H11ClN2O2S/c1-6(14(9,12)13)8-10-4-5-11(8)7-2-3-7/h4-7H,2-3H2,1H3. The quantitative estimate of drug-likeness (QED) is 0.750. The summed E-state index contributed by atoms with van der Waals surface area (Å²) in [6, 6.07) is 0.424. The number of imidazole rings is 1. The smallest absolute Gasteiger partial charge is 0.242 e. The Morgan fingerprint density at radius 1 is 1.64 bits per heavy atom. The molecule has 0 spiro atoms. The molecule has 0 aliphatic heterocycles. The molecule has 1 heterocycles. The molecule has 4 nitrogen and oxygen atoms in total. The lowest BCUT2D eigenvalue weighted by molar-refractivity contribution is 0.589. The summed E-state index contributed by atoms with van der Waals surface area (Å²) in [5.74, 6) is 0.544. The van der Waals surface area contributed by atoms with Crippen LogP contribution in [0.5, 0.6) is 0 Å². The minimum atomic E-state index is -3.57. The van der Waals surface area contributed by atoms with Crippen molar-refractivity contribution in [1.82, 2.24) is 9.55 Å². The van der Waals surface area contributed by atoms with Gasteiger partial charge in [0.05, 0.1) is 0 Å². The summed E-state index contributed by atoms with van der Waals surface area (Å²) in [5, 5.41) is -0.736. The SMILES string of the molecule is CC(c1nccn1C1CC1)S(=O)(=O)Cl. The predicted molar refractivity (Wildman–Crippen MR) is 53.7 cm³/mol. The van der Waals surface area contributed by atoms with Crippen LogP contribution in [0.3, 0.4) is 0 Å². The van der Waals surface area contributed by atoms with Crippen LogP contribution < -0.4 is 0 Å². The zero-order valence-electron chi connectivity index (χ0n) is 7.72. The molecule has 0 amide bonds. The van der Waals surface area contributed by atoms with Crippen molar-refractivity contribution >= 4 is 19.7 Å². The molecule has 0 bridgehead atoms. The Morgan fingerprint density at radius 3 is 2.79 bits per heavy atom. The number of hydrogen-bond acceptors (Lipinski definition) is 3. The van der Waals surface area contributed by atoms with E-state index in [4.69, 9.17) is 10.7 Å². The summed E-state index contributed by atoms with van der Waals surface area (Å²) >= 11 is 0. The van der Waals surface area contributed by atoms with Crippen molar-refractivity contribution in [2.45, 2.75) is 31.1 Å². The van der Waals surface area contributed by atoms with Crippen LogP contribution in [0.4, 0.5) is 0 Å². The monoisotopic (exact) mass is 234 g/mol. The second-order valence-corrected chi connectivity index (χ2v) is 6.49. The number of rotatable bonds is 3. The molecule has 0 aromatic carbocycles. The lowest BCUT2D eigenvalue weighted by atomic mass is 10.4. The van der Waals surface area contributed by atoms with Crippen molar-refractivity contribution in [2.24, 2.45) is 0 Å². The van der Waals surface area contributed by atoms with E-state index in [1.807, 2.05) is 10.8 Å². The maximum Gasteiger partial charge on any atom is 0.242 e. The van der Waals surface area contributed by atoms with E-state index in [1.165, 1.54) is 0 Å². The van der Waals surface area contributed by atoms with Gasteiger partial charge in [0, 0.05) is 29.1 Å². The Labute approximate surface area is 87.3 Å². The topological polar surface area (TPSA) is 52.0 Å². The van der Waals surface area contributed by atoms with E-state index in [0.717, 1.165) is 12.8 Å². The van der Waals surface area contributed by atoms with Crippen LogP contribution in [0.2, 0.25) is 0 Å². The molecule has 1 aromatic heterocycles. The van der Waals surface area contributed by atoms with Crippen molar-refractivity contribution in [3.8, 4) is 0 Å². The maximum atomic E-state index is 11.1. The molecule has 1 saturated carbocycles. The van der Waals surface area contributed by atoms with Crippen molar-refractivity contribution in [1.29, 1.82) is 0 Å². The van der Waals surface area contributed by atoms with Gasteiger partial charge in [0.1, 0.15) is 11.1 Å². The zero-order valence-corrected chi connectivity index (χ0v) is 9.29. The first-order valence-corrected chi connectivity index (χ1v) is 6.83. The van der Waals surface area contributed by atoms with Crippen LogP contribution in [0.15, 0.2) is 12.4 Å². The summed E-state index contributed by atoms with van der Waals surface area (Å²) in [5.41, 5.74) is 0. The molecule has 1 atom stereocenters. The molecule has 0 N–H and O–H groups in total. The normalized spacial score (nSPS) is 19.6. The molecule has 1 unspecified atom stereocenters. The van der Waals surface area contributed by atoms with E-state index in [1.54, 1.807) is 13.1 Å². The lowest BCUT2D eigenvalue weighted by Crippen LogP contribution is -2.10. The molecule has 6 heteroatoms. The van der Waals surface area contributed by atoms with Crippen molar-refractivity contribution in [3.63, 3.8) is 0 Å². The van der Waals surface area contributed by atoms with Gasteiger partial charge in [-0.1, -0.05) is 0 Å². The third-order valence-corrected chi connectivity index (χ3v) is 4.28. The molecule has 1 aliphatic rings. The van der Waals surface area contributed by atoms with Gasteiger partial charge in [0.2, 0.25) is 9.05 Å². The predicted octanol–water partition coefficient (Wildman–Crippen LogP) is 1.85. The molecule has 14 heavy (non-hydrogen) atoms. The second kappa shape index (κ2) is 3.24. The van der Waals surface area contributed by atoms with Gasteiger partial charge in [-0.25, -0.2) is 13.4 Å². The van der Waals surface area contributed by atoms with Crippen LogP contribution in [-0.2, 0) is 9.05 Å². The van der Waals surface area contributed by atoms with Gasteiger partial charge in [-0.3, -0.25) is 0 Å². The van der Waals surface area contributed by atoms with Crippen LogP contribution in [-0.4, -0.2) is 18.0 Å². The maximum absolute atomic E-state index is 11.1. The van der Waals surface area contributed by atoms with Gasteiger partial charge in [0.15, 0.2) is 0 Å². The zero-order chi connectivity index (χ0) is 10.3. The Kier molecular flexibility index (Phi) is 2.31. The number of halogens is 1. The Bertz CT molecular complexity index is 436. The average Bonchev–Trinajstić information content (AvgIpc) is 2.81. The third kappa shape index (κ3) is 1.79. The average molecular weight is 235 g/mol. The highest BCUT2D eigenvalue weighted by Gasteiger charge is 2.30. The summed E-state index contributed by atoms with van der Waals surface area (Å²) in [6.45, 7) is 1.56. The van der Waals surface area contributed by atoms with Crippen LogP contribution >= 0.6 is 10.7 Å². The molecule has 2 rings (SSSR count). The molecule has 1 aliphatic carbocycles. The van der Waals surface area contributed by atoms with Crippen molar-refractivity contribution in [2.75, 3.05) is 0 Å². The minimum absolute atomic E-state index is 0.424. The fourth-order valence-electron chi connectivity index (χ4n) is 1.43. The van der Waals surface area contributed by atoms with Gasteiger partial charge in [-0.2, -0.15) is 0 Å². The van der Waals surface area contributed by atoms with Gasteiger partial charge in [-0.05, 0) is 19.8 Å². The highest BCUT2D eigenvalue weighted by atomic mass is 35.7. The number of aromatic nitrogens is 2. The molecule has 0 radical (unpaired) electrons. The first-order valence-electron chi connectivity index (χ1n) is 4.46. The molecule has 1 aromatic rings. The number of hydrogen-bond donors (Lipinski definition) is 0.